The highest BCUT2D eigenvalue weighted by Crippen LogP contribution is 2.30. The first-order valence-electron chi connectivity index (χ1n) is 6.41. The Bertz CT molecular complexity index is 752. The molecule has 1 unspecified atom stereocenters. The van der Waals surface area contributed by atoms with E-state index in [0.717, 1.165) is 21.3 Å². The quantitative estimate of drug-likeness (QED) is 0.549. The number of halogens is 2. The van der Waals surface area contributed by atoms with Crippen molar-refractivity contribution >= 4 is 44.8 Å². The van der Waals surface area contributed by atoms with Gasteiger partial charge in [0, 0.05) is 16.2 Å². The summed E-state index contributed by atoms with van der Waals surface area (Å²) in [5.74, 6) is 5.71. The minimum Gasteiger partial charge on any atom is -0.271 e. The van der Waals surface area contributed by atoms with Gasteiger partial charge in [-0.3, -0.25) is 16.3 Å². The van der Waals surface area contributed by atoms with Gasteiger partial charge in [-0.2, -0.15) is 0 Å². The van der Waals surface area contributed by atoms with Crippen molar-refractivity contribution in [3.63, 3.8) is 0 Å². The third-order valence-corrected chi connectivity index (χ3v) is 4.96. The molecule has 0 amide bonds. The fourth-order valence-corrected chi connectivity index (χ4v) is 3.60. The minimum atomic E-state index is -0.0959. The highest BCUT2D eigenvalue weighted by Gasteiger charge is 2.16. The summed E-state index contributed by atoms with van der Waals surface area (Å²) in [4.78, 5) is 4.45. The summed E-state index contributed by atoms with van der Waals surface area (Å²) in [5.41, 5.74) is 5.72. The van der Waals surface area contributed by atoms with Crippen LogP contribution in [-0.4, -0.2) is 4.98 Å². The van der Waals surface area contributed by atoms with E-state index in [1.165, 1.54) is 0 Å². The molecular weight excluding hydrogens is 325 g/mol. The maximum atomic E-state index is 6.23. The molecule has 0 aliphatic rings. The summed E-state index contributed by atoms with van der Waals surface area (Å²) in [6, 6.07) is 9.50. The summed E-state index contributed by atoms with van der Waals surface area (Å²) in [7, 11) is 0. The van der Waals surface area contributed by atoms with Crippen LogP contribution in [0.25, 0.3) is 10.2 Å². The topological polar surface area (TPSA) is 50.9 Å². The van der Waals surface area contributed by atoms with Crippen molar-refractivity contribution in [1.29, 1.82) is 0 Å². The van der Waals surface area contributed by atoms with Gasteiger partial charge in [0.15, 0.2) is 0 Å². The van der Waals surface area contributed by atoms with Gasteiger partial charge in [0.05, 0.1) is 16.3 Å². The van der Waals surface area contributed by atoms with Crippen molar-refractivity contribution in [1.82, 2.24) is 10.4 Å². The minimum absolute atomic E-state index is 0.0959. The maximum Gasteiger partial charge on any atom is 0.0809 e. The number of hydrogen-bond acceptors (Lipinski definition) is 4. The molecule has 0 saturated heterocycles. The van der Waals surface area contributed by atoms with Crippen LogP contribution >= 0.6 is 34.5 Å². The van der Waals surface area contributed by atoms with Crippen molar-refractivity contribution in [3.05, 3.63) is 63.1 Å². The van der Waals surface area contributed by atoms with Gasteiger partial charge in [-0.1, -0.05) is 29.3 Å². The number of nitrogens with zero attached hydrogens (tertiary/aromatic N) is 1. The fourth-order valence-electron chi connectivity index (χ4n) is 2.26. The average molecular weight is 338 g/mol. The first-order chi connectivity index (χ1) is 10.2. The van der Waals surface area contributed by atoms with Crippen LogP contribution in [0.1, 0.15) is 17.2 Å². The lowest BCUT2D eigenvalue weighted by molar-refractivity contribution is 0.551. The summed E-state index contributed by atoms with van der Waals surface area (Å²) in [6.07, 6.45) is 2.44. The van der Waals surface area contributed by atoms with E-state index in [2.05, 4.69) is 16.5 Å². The number of hydrazine groups is 1. The van der Waals surface area contributed by atoms with Gasteiger partial charge in [0.25, 0.3) is 0 Å². The van der Waals surface area contributed by atoms with Crippen LogP contribution in [0.5, 0.6) is 0 Å². The Morgan fingerprint density at radius 1 is 1.24 bits per heavy atom. The molecule has 3 nitrogen and oxygen atoms in total. The summed E-state index contributed by atoms with van der Waals surface area (Å²) in [5, 5.41) is 3.32. The third kappa shape index (κ3) is 3.05. The van der Waals surface area contributed by atoms with Crippen molar-refractivity contribution in [2.45, 2.75) is 12.5 Å². The van der Waals surface area contributed by atoms with Crippen LogP contribution in [0.2, 0.25) is 10.0 Å². The third-order valence-electron chi connectivity index (χ3n) is 3.40. The van der Waals surface area contributed by atoms with E-state index < -0.39 is 0 Å². The molecule has 1 aromatic carbocycles. The van der Waals surface area contributed by atoms with Crippen LogP contribution in [0.15, 0.2) is 41.9 Å². The fraction of sp³-hybridized carbons (Fsp3) is 0.133. The van der Waals surface area contributed by atoms with Gasteiger partial charge in [-0.15, -0.1) is 11.3 Å². The first kappa shape index (κ1) is 14.8. The Balaban J connectivity index is 1.94. The summed E-state index contributed by atoms with van der Waals surface area (Å²) < 4.78 is 1.14. The van der Waals surface area contributed by atoms with Crippen LogP contribution in [0, 0.1) is 0 Å². The Hall–Kier alpha value is -1.17. The van der Waals surface area contributed by atoms with Gasteiger partial charge in [-0.25, -0.2) is 0 Å². The van der Waals surface area contributed by atoms with E-state index in [0.29, 0.717) is 16.5 Å². The van der Waals surface area contributed by atoms with Crippen LogP contribution in [0.4, 0.5) is 0 Å². The number of fused-ring (bicyclic) bond motifs is 1. The van der Waals surface area contributed by atoms with Gasteiger partial charge in [0.1, 0.15) is 0 Å². The zero-order valence-corrected chi connectivity index (χ0v) is 13.3. The molecule has 0 aliphatic carbocycles. The maximum absolute atomic E-state index is 6.23. The van der Waals surface area contributed by atoms with E-state index in [1.807, 2.05) is 35.8 Å². The smallest absolute Gasteiger partial charge is 0.0809 e. The number of hydrogen-bond donors (Lipinski definition) is 2. The number of pyridine rings is 1. The molecule has 3 rings (SSSR count). The van der Waals surface area contributed by atoms with Crippen LogP contribution < -0.4 is 11.3 Å². The normalized spacial score (nSPS) is 12.7. The van der Waals surface area contributed by atoms with Gasteiger partial charge >= 0.3 is 0 Å². The molecule has 1 atom stereocenters. The van der Waals surface area contributed by atoms with Crippen molar-refractivity contribution < 1.29 is 0 Å². The van der Waals surface area contributed by atoms with E-state index in [9.17, 15) is 0 Å². The second kappa shape index (κ2) is 6.30. The number of thiophene rings is 1. The van der Waals surface area contributed by atoms with Crippen LogP contribution in [0.3, 0.4) is 0 Å². The Morgan fingerprint density at radius 2 is 2.00 bits per heavy atom. The largest absolute Gasteiger partial charge is 0.271 e. The molecule has 0 spiro atoms. The van der Waals surface area contributed by atoms with Gasteiger partial charge < -0.3 is 0 Å². The number of aromatic nitrogens is 1. The molecule has 21 heavy (non-hydrogen) atoms. The Labute approximate surface area is 136 Å². The lowest BCUT2D eigenvalue weighted by Crippen LogP contribution is -2.29. The van der Waals surface area contributed by atoms with E-state index in [4.69, 9.17) is 29.0 Å². The number of nitrogens with one attached hydrogen (secondary N) is 1. The second-order valence-electron chi connectivity index (χ2n) is 4.70. The molecule has 0 bridgehead atoms. The van der Waals surface area contributed by atoms with E-state index in [-0.39, 0.29) is 6.04 Å². The molecule has 3 N–H and O–H groups in total. The lowest BCUT2D eigenvalue weighted by atomic mass is 10.0. The lowest BCUT2D eigenvalue weighted by Gasteiger charge is -2.17. The van der Waals surface area contributed by atoms with Gasteiger partial charge in [-0.05, 0) is 47.2 Å². The van der Waals surface area contributed by atoms with Crippen molar-refractivity contribution in [3.8, 4) is 0 Å². The monoisotopic (exact) mass is 337 g/mol. The molecule has 0 radical (unpaired) electrons. The van der Waals surface area contributed by atoms with Crippen molar-refractivity contribution in [2.24, 2.45) is 5.84 Å². The molecule has 0 aliphatic heterocycles. The van der Waals surface area contributed by atoms with E-state index in [1.54, 1.807) is 11.3 Å². The number of benzene rings is 1. The molecule has 2 heterocycles. The van der Waals surface area contributed by atoms with Crippen molar-refractivity contribution in [2.75, 3.05) is 0 Å². The Kier molecular flexibility index (Phi) is 4.42. The highest BCUT2D eigenvalue weighted by atomic mass is 35.5. The predicted octanol–water partition coefficient (Wildman–Crippen LogP) is 4.35. The second-order valence-corrected chi connectivity index (χ2v) is 6.46. The standard InChI is InChI=1S/C15H13Cl2N3S/c16-11-2-1-3-12(17)10(11)7-14(20-18)9-6-15-13(19-8-9)4-5-21-15/h1-6,8,14,20H,7,18H2. The SMILES string of the molecule is NNC(Cc1c(Cl)cccc1Cl)c1cnc2ccsc2c1. The first-order valence-corrected chi connectivity index (χ1v) is 8.05. The zero-order valence-electron chi connectivity index (χ0n) is 11.0. The predicted molar refractivity (Wildman–Crippen MR) is 89.9 cm³/mol. The number of nitrogens with two attached hydrogens (primary N) is 1. The summed E-state index contributed by atoms with van der Waals surface area (Å²) >= 11 is 14.1. The van der Waals surface area contributed by atoms with Crippen LogP contribution in [-0.2, 0) is 6.42 Å². The molecule has 0 saturated carbocycles. The van der Waals surface area contributed by atoms with Gasteiger partial charge in [0.2, 0.25) is 0 Å². The molecule has 3 aromatic rings. The molecule has 6 heteroatoms. The van der Waals surface area contributed by atoms with E-state index >= 15 is 0 Å². The zero-order chi connectivity index (χ0) is 14.8. The highest BCUT2D eigenvalue weighted by molar-refractivity contribution is 7.17. The molecule has 0 fully saturated rings. The molecular formula is C15H13Cl2N3S. The number of rotatable bonds is 4. The Morgan fingerprint density at radius 3 is 2.71 bits per heavy atom. The average Bonchev–Trinajstić information content (AvgIpc) is 2.94. The summed E-state index contributed by atoms with van der Waals surface area (Å²) in [6.45, 7) is 0. The molecule has 2 aromatic heterocycles. The molecule has 108 valence electrons.